The van der Waals surface area contributed by atoms with Crippen molar-refractivity contribution in [1.29, 1.82) is 0 Å². The summed E-state index contributed by atoms with van der Waals surface area (Å²) >= 11 is 0. The second kappa shape index (κ2) is 44.1. The molecule has 24 nitrogen and oxygen atoms in total. The Morgan fingerprint density at radius 2 is 0.826 bits per heavy atom. The standard InChI is InChI=1S/C32H39F2N3O2.C31H35F2N3O2.C24H26N4O3.C23H24N4O3/c1-6-17-36(18-7-2)26-12-10-11-24(20-26)25-15-16-30-27(21-25)29(19-22(3)37(30)23(4)38)35-28-13-8-9-14-31(28)39-32(5,33)34;1-20-17-28(35-27-13-6-7-14-30(27)38-31(3,32)33)26-19-23(15-16-29(26)36(20)21(2)37)22-9-8-12-25(18-22)34-24-10-4-5-11-24;1-15-11-21(26-19-8-5-17(6-9-19)24(30)31-4)20-12-18(22-13-27(3)14-25-22)7-10-23(20)28(15)16(2)29;1-14-10-20(26-18-7-4-16(5-8-18)23(29)30-3)19-11-17(21-12-24-13-25-21)6-9-22(19)27(14)15(2)28/h8-16,20-22,29,35H,6-7,17-19H2,1-5H3;6-9,12-16,18-20,24,28,34-35H,4-5,10-11,17H2,1-3H3;5-10,12-15,21,26H,11H2,1-4H3;4-9,11-14,20,26H,10H2,1-3H3,(H,24,25)/t22-,29+;20-,28+;15-,21+;14-,20+/m0000/s1. The number of carbonyl (C=O) groups excluding carboxylic acids is 6. The Hall–Kier alpha value is -14.4. The molecule has 8 atom stereocenters. The van der Waals surface area contributed by atoms with Crippen LogP contribution in [0.1, 0.15) is 214 Å². The lowest BCUT2D eigenvalue weighted by molar-refractivity contribution is -0.159. The van der Waals surface area contributed by atoms with Gasteiger partial charge in [-0.3, -0.25) is 19.2 Å². The van der Waals surface area contributed by atoms with E-state index in [9.17, 15) is 46.3 Å². The summed E-state index contributed by atoms with van der Waals surface area (Å²) in [5.74, 6) is -0.545. The molecule has 1 fully saturated rings. The van der Waals surface area contributed by atoms with Crippen molar-refractivity contribution in [1.82, 2.24) is 19.5 Å². The van der Waals surface area contributed by atoms with Crippen LogP contribution in [0, 0.1) is 0 Å². The van der Waals surface area contributed by atoms with Crippen LogP contribution in [0.5, 0.6) is 11.5 Å². The van der Waals surface area contributed by atoms with E-state index in [-0.39, 0.29) is 95.4 Å². The van der Waals surface area contributed by atoms with Gasteiger partial charge in [0.25, 0.3) is 0 Å². The largest absolute Gasteiger partial charge is 0.465 e. The van der Waals surface area contributed by atoms with Crippen molar-refractivity contribution in [2.75, 3.05) is 78.4 Å². The molecule has 0 spiro atoms. The topological polar surface area (TPSA) is 262 Å². The third kappa shape index (κ3) is 24.1. The van der Waals surface area contributed by atoms with Crippen LogP contribution in [0.3, 0.4) is 0 Å². The number of anilines is 10. The number of carbonyl (C=O) groups is 6. The number of benzene rings is 10. The lowest BCUT2D eigenvalue weighted by Crippen LogP contribution is -2.43. The smallest absolute Gasteiger partial charge is 0.394 e. The van der Waals surface area contributed by atoms with E-state index in [2.05, 4.69) is 153 Å². The second-order valence-corrected chi connectivity index (χ2v) is 36.4. The number of aromatic amines is 1. The molecule has 4 amide bonds. The Morgan fingerprint density at radius 1 is 0.442 bits per heavy atom. The monoisotopic (exact) mass is 1880 g/mol. The summed E-state index contributed by atoms with van der Waals surface area (Å²) in [4.78, 5) is 94.8. The van der Waals surface area contributed by atoms with Crippen molar-refractivity contribution in [3.05, 3.63) is 277 Å². The summed E-state index contributed by atoms with van der Waals surface area (Å²) in [5, 5.41) is 17.7. The lowest BCUT2D eigenvalue weighted by atomic mass is 9.88. The van der Waals surface area contributed by atoms with E-state index in [1.165, 1.54) is 57.7 Å². The fourth-order valence-electron chi connectivity index (χ4n) is 19.6. The zero-order valence-corrected chi connectivity index (χ0v) is 80.9. The maximum Gasteiger partial charge on any atom is 0.394 e. The fraction of sp³-hybridized carbons (Fsp3) is 0.345. The summed E-state index contributed by atoms with van der Waals surface area (Å²) in [5.41, 5.74) is 21.6. The van der Waals surface area contributed by atoms with E-state index in [1.54, 1.807) is 107 Å². The molecule has 0 bridgehead atoms. The van der Waals surface area contributed by atoms with Crippen LogP contribution >= 0.6 is 0 Å². The number of hydrogen-bond acceptors (Lipinski definition) is 18. The number of nitrogens with one attached hydrogen (secondary N) is 6. The number of H-pyrrole nitrogens is 1. The Labute approximate surface area is 805 Å². The second-order valence-electron chi connectivity index (χ2n) is 36.4. The van der Waals surface area contributed by atoms with Crippen LogP contribution in [0.15, 0.2) is 243 Å². The number of rotatable bonds is 25. The van der Waals surface area contributed by atoms with Gasteiger partial charge in [-0.1, -0.05) is 99.5 Å². The highest BCUT2D eigenvalue weighted by Crippen LogP contribution is 2.49. The quantitative estimate of drug-likeness (QED) is 0.0229. The summed E-state index contributed by atoms with van der Waals surface area (Å²) in [7, 11) is 4.68. The summed E-state index contributed by atoms with van der Waals surface area (Å²) in [6.07, 6.45) is 10.4. The molecular weight excluding hydrogens is 1750 g/mol. The van der Waals surface area contributed by atoms with Crippen LogP contribution in [-0.2, 0) is 35.7 Å². The molecule has 10 aromatic carbocycles. The number of imidazole rings is 2. The van der Waals surface area contributed by atoms with Gasteiger partial charge in [-0.25, -0.2) is 19.6 Å². The van der Waals surface area contributed by atoms with Crippen LogP contribution in [0.25, 0.3) is 44.8 Å². The Balaban J connectivity index is 0.000000148. The van der Waals surface area contributed by atoms with E-state index < -0.39 is 12.2 Å². The van der Waals surface area contributed by atoms with Crippen LogP contribution in [-0.4, -0.2) is 125 Å². The minimum absolute atomic E-state index is 0.00763. The minimum Gasteiger partial charge on any atom is -0.465 e. The van der Waals surface area contributed by atoms with Gasteiger partial charge in [0.1, 0.15) is 11.5 Å². The molecule has 0 unspecified atom stereocenters. The summed E-state index contributed by atoms with van der Waals surface area (Å²) in [6, 6.07) is 69.6. The van der Waals surface area contributed by atoms with Gasteiger partial charge in [-0.2, -0.15) is 17.6 Å². The number of aryl methyl sites for hydroxylation is 1. The average molecular weight is 1880 g/mol. The van der Waals surface area contributed by atoms with Crippen molar-refractivity contribution >= 4 is 92.4 Å². The highest BCUT2D eigenvalue weighted by atomic mass is 19.3. The van der Waals surface area contributed by atoms with Crippen molar-refractivity contribution in [3.63, 3.8) is 0 Å². The van der Waals surface area contributed by atoms with Crippen LogP contribution in [0.2, 0.25) is 0 Å². The number of halogens is 4. The van der Waals surface area contributed by atoms with E-state index in [0.717, 1.165) is 159 Å². The Morgan fingerprint density at radius 3 is 1.22 bits per heavy atom. The molecule has 5 aliphatic rings. The molecule has 1 saturated carbocycles. The van der Waals surface area contributed by atoms with Crippen molar-refractivity contribution in [3.8, 4) is 56.3 Å². The third-order valence-electron chi connectivity index (χ3n) is 25.6. The van der Waals surface area contributed by atoms with Crippen molar-refractivity contribution in [2.24, 2.45) is 7.05 Å². The Kier molecular flexibility index (Phi) is 31.8. The first kappa shape index (κ1) is 99.5. The normalized spacial score (nSPS) is 18.1. The van der Waals surface area contributed by atoms with Gasteiger partial charge in [0.2, 0.25) is 23.6 Å². The SMILES string of the molecule is CC(=O)N1c2ccc(-c3cccc(NC4CCCC4)c3)cc2[C@H](Nc2ccccc2OC(C)(F)F)C[C@@H]1C.CCCN(CCC)c1cccc(-c2ccc3c(c2)[C@H](Nc2ccccc2OC(C)(F)F)C[C@H](C)N3C(C)=O)c1.COC(=O)c1ccc(N[C@@H]2C[C@H](C)N(C(C)=O)c3ccc(-c4cn(C)cn4)cc32)cc1.COC(=O)c1ccc(N[C@@H]2C[C@H](C)N(C(C)=O)c3ccc(-c4cnc[nH]4)cc32)cc1. The van der Waals surface area contributed by atoms with Gasteiger partial charge in [-0.05, 0) is 269 Å². The molecule has 0 radical (unpaired) electrons. The maximum atomic E-state index is 13.7. The zero-order chi connectivity index (χ0) is 98.4. The Bertz CT molecular complexity index is 6270. The molecular formula is C110H124F4N14O10. The highest BCUT2D eigenvalue weighted by molar-refractivity contribution is 5.98. The molecule has 28 heteroatoms. The van der Waals surface area contributed by atoms with Gasteiger partial charge in [0.15, 0.2) is 0 Å². The molecule has 138 heavy (non-hydrogen) atoms. The predicted octanol–water partition coefficient (Wildman–Crippen LogP) is 24.6. The first-order valence-corrected chi connectivity index (χ1v) is 47.3. The molecule has 6 heterocycles. The molecule has 6 N–H and O–H groups in total. The summed E-state index contributed by atoms with van der Waals surface area (Å²) in [6.45, 7) is 22.3. The number of esters is 2. The number of nitrogens with zero attached hydrogens (tertiary/aromatic N) is 8. The minimum atomic E-state index is -3.30. The summed E-state index contributed by atoms with van der Waals surface area (Å²) < 4.78 is 76.2. The van der Waals surface area contributed by atoms with Gasteiger partial charge in [0.05, 0.1) is 91.1 Å². The third-order valence-corrected chi connectivity index (χ3v) is 25.6. The number of alkyl halides is 4. The van der Waals surface area contributed by atoms with Crippen LogP contribution in [0.4, 0.5) is 74.4 Å². The zero-order valence-electron chi connectivity index (χ0n) is 80.9. The number of hydrogen-bond donors (Lipinski definition) is 6. The van der Waals surface area contributed by atoms with Crippen molar-refractivity contribution < 1.29 is 65.3 Å². The number of fused-ring (bicyclic) bond motifs is 4. The number of methoxy groups -OCH3 is 2. The number of aromatic nitrogens is 4. The molecule has 2 aromatic heterocycles. The van der Waals surface area contributed by atoms with Gasteiger partial charge in [-0.15, -0.1) is 0 Å². The first-order chi connectivity index (χ1) is 66.1. The van der Waals surface area contributed by atoms with Gasteiger partial charge in [0, 0.05) is 155 Å². The molecule has 722 valence electrons. The van der Waals surface area contributed by atoms with Gasteiger partial charge >= 0.3 is 24.2 Å². The molecule has 4 aliphatic heterocycles. The van der Waals surface area contributed by atoms with E-state index >= 15 is 0 Å². The molecule has 17 rings (SSSR count). The van der Waals surface area contributed by atoms with Crippen molar-refractivity contribution in [2.45, 2.75) is 214 Å². The lowest BCUT2D eigenvalue weighted by Gasteiger charge is -2.40. The molecule has 1 aliphatic carbocycles. The molecule has 0 saturated heterocycles. The van der Waals surface area contributed by atoms with Crippen LogP contribution < -0.4 is 60.6 Å². The highest BCUT2D eigenvalue weighted by Gasteiger charge is 2.39. The maximum absolute atomic E-state index is 13.7. The predicted molar refractivity (Wildman–Crippen MR) is 540 cm³/mol. The average Bonchev–Trinajstić information content (AvgIpc) is 0.832. The van der Waals surface area contributed by atoms with E-state index in [4.69, 9.17) is 18.9 Å². The number of amides is 4. The molecule has 12 aromatic rings. The van der Waals surface area contributed by atoms with E-state index in [1.807, 2.05) is 118 Å². The number of para-hydroxylation sites is 4. The van der Waals surface area contributed by atoms with Gasteiger partial charge < -0.3 is 79.6 Å². The first-order valence-electron chi connectivity index (χ1n) is 47.3. The van der Waals surface area contributed by atoms with E-state index in [0.29, 0.717) is 41.4 Å². The fourth-order valence-corrected chi connectivity index (χ4v) is 19.6. The number of ether oxygens (including phenoxy) is 4.